The van der Waals surface area contributed by atoms with Gasteiger partial charge < -0.3 is 10.1 Å². The zero-order chi connectivity index (χ0) is 11.4. The molecule has 0 spiro atoms. The standard InChI is InChI=1S/C12H20N2OS/c1-3-5-9-11(8-13-2)16-12(14-9)10-6-4-7-15-10/h10,13H,3-8H2,1-2H3. The third-order valence-corrected chi connectivity index (χ3v) is 4.01. The van der Waals surface area contributed by atoms with E-state index in [0.717, 1.165) is 32.4 Å². The molecule has 3 nitrogen and oxygen atoms in total. The Morgan fingerprint density at radius 3 is 3.06 bits per heavy atom. The largest absolute Gasteiger partial charge is 0.371 e. The van der Waals surface area contributed by atoms with Gasteiger partial charge in [0.25, 0.3) is 0 Å². The van der Waals surface area contributed by atoms with Gasteiger partial charge in [0.1, 0.15) is 11.1 Å². The Bertz CT molecular complexity index is 308. The van der Waals surface area contributed by atoms with Crippen LogP contribution in [-0.4, -0.2) is 18.6 Å². The lowest BCUT2D eigenvalue weighted by Gasteiger charge is -2.03. The molecule has 0 aliphatic carbocycles. The van der Waals surface area contributed by atoms with Crippen LogP contribution in [0.15, 0.2) is 0 Å². The van der Waals surface area contributed by atoms with E-state index in [0.29, 0.717) is 0 Å². The molecule has 1 unspecified atom stereocenters. The van der Waals surface area contributed by atoms with Gasteiger partial charge in [-0.05, 0) is 26.3 Å². The first-order chi connectivity index (χ1) is 7.85. The molecule has 1 aliphatic heterocycles. The van der Waals surface area contributed by atoms with Crippen LogP contribution < -0.4 is 5.32 Å². The second-order valence-electron chi connectivity index (χ2n) is 4.20. The second-order valence-corrected chi connectivity index (χ2v) is 5.32. The molecule has 1 aromatic rings. The van der Waals surface area contributed by atoms with Gasteiger partial charge in [-0.25, -0.2) is 4.98 Å². The molecule has 0 bridgehead atoms. The molecule has 2 heterocycles. The molecule has 0 amide bonds. The van der Waals surface area contributed by atoms with E-state index in [2.05, 4.69) is 12.2 Å². The summed E-state index contributed by atoms with van der Waals surface area (Å²) in [6.45, 7) is 4.03. The molecule has 0 saturated carbocycles. The Labute approximate surface area is 101 Å². The summed E-state index contributed by atoms with van der Waals surface area (Å²) in [5.74, 6) is 0. The summed E-state index contributed by atoms with van der Waals surface area (Å²) >= 11 is 1.82. The van der Waals surface area contributed by atoms with E-state index in [1.54, 1.807) is 0 Å². The minimum absolute atomic E-state index is 0.270. The highest BCUT2D eigenvalue weighted by Crippen LogP contribution is 2.33. The molecule has 1 atom stereocenters. The number of hydrogen-bond acceptors (Lipinski definition) is 4. The van der Waals surface area contributed by atoms with Crippen molar-refractivity contribution in [2.45, 2.75) is 45.3 Å². The molecule has 0 radical (unpaired) electrons. The minimum Gasteiger partial charge on any atom is -0.371 e. The molecular formula is C12H20N2OS. The van der Waals surface area contributed by atoms with Crippen molar-refractivity contribution in [2.24, 2.45) is 0 Å². The summed E-state index contributed by atoms with van der Waals surface area (Å²) in [5.41, 5.74) is 1.27. The van der Waals surface area contributed by atoms with Crippen molar-refractivity contribution in [1.82, 2.24) is 10.3 Å². The van der Waals surface area contributed by atoms with Crippen LogP contribution in [0.25, 0.3) is 0 Å². The van der Waals surface area contributed by atoms with Crippen molar-refractivity contribution in [3.05, 3.63) is 15.6 Å². The number of nitrogens with zero attached hydrogens (tertiary/aromatic N) is 1. The van der Waals surface area contributed by atoms with Crippen LogP contribution in [0.5, 0.6) is 0 Å². The molecule has 1 N–H and O–H groups in total. The number of thiazole rings is 1. The van der Waals surface area contributed by atoms with Crippen LogP contribution in [0.3, 0.4) is 0 Å². The summed E-state index contributed by atoms with van der Waals surface area (Å²) in [6.07, 6.45) is 4.82. The maximum atomic E-state index is 5.69. The Hall–Kier alpha value is -0.450. The van der Waals surface area contributed by atoms with Crippen LogP contribution in [-0.2, 0) is 17.7 Å². The lowest BCUT2D eigenvalue weighted by atomic mass is 10.2. The summed E-state index contributed by atoms with van der Waals surface area (Å²) in [7, 11) is 1.99. The Morgan fingerprint density at radius 2 is 2.44 bits per heavy atom. The van der Waals surface area contributed by atoms with Gasteiger partial charge in [0, 0.05) is 18.0 Å². The maximum Gasteiger partial charge on any atom is 0.122 e. The molecule has 1 aromatic heterocycles. The second kappa shape index (κ2) is 5.75. The highest BCUT2D eigenvalue weighted by Gasteiger charge is 2.22. The summed E-state index contributed by atoms with van der Waals surface area (Å²) in [5, 5.41) is 4.40. The third kappa shape index (κ3) is 2.62. The number of rotatable bonds is 5. The number of hydrogen-bond donors (Lipinski definition) is 1. The van der Waals surface area contributed by atoms with E-state index in [1.807, 2.05) is 18.4 Å². The van der Waals surface area contributed by atoms with Crippen LogP contribution in [0.2, 0.25) is 0 Å². The molecular weight excluding hydrogens is 220 g/mol. The van der Waals surface area contributed by atoms with E-state index in [4.69, 9.17) is 9.72 Å². The summed E-state index contributed by atoms with van der Waals surface area (Å²) in [4.78, 5) is 6.14. The fraction of sp³-hybridized carbons (Fsp3) is 0.750. The quantitative estimate of drug-likeness (QED) is 0.859. The fourth-order valence-electron chi connectivity index (χ4n) is 2.04. The van der Waals surface area contributed by atoms with Gasteiger partial charge in [-0.3, -0.25) is 0 Å². The number of aromatic nitrogens is 1. The highest BCUT2D eigenvalue weighted by molar-refractivity contribution is 7.11. The van der Waals surface area contributed by atoms with Gasteiger partial charge in [0.05, 0.1) is 5.69 Å². The lowest BCUT2D eigenvalue weighted by Crippen LogP contribution is -2.05. The molecule has 1 aliphatic rings. The predicted octanol–water partition coefficient (Wildman–Crippen LogP) is 2.67. The normalized spacial score (nSPS) is 20.5. The topological polar surface area (TPSA) is 34.1 Å². The van der Waals surface area contributed by atoms with Crippen molar-refractivity contribution in [1.29, 1.82) is 0 Å². The van der Waals surface area contributed by atoms with Gasteiger partial charge in [0.2, 0.25) is 0 Å². The molecule has 4 heteroatoms. The number of ether oxygens (including phenoxy) is 1. The first kappa shape index (κ1) is 12.0. The van der Waals surface area contributed by atoms with Gasteiger partial charge in [-0.15, -0.1) is 11.3 Å². The fourth-order valence-corrected chi connectivity index (χ4v) is 3.25. The molecule has 90 valence electrons. The van der Waals surface area contributed by atoms with Crippen molar-refractivity contribution < 1.29 is 4.74 Å². The highest BCUT2D eigenvalue weighted by atomic mass is 32.1. The van der Waals surface area contributed by atoms with Gasteiger partial charge in [0.15, 0.2) is 0 Å². The van der Waals surface area contributed by atoms with Gasteiger partial charge in [-0.2, -0.15) is 0 Å². The maximum absolute atomic E-state index is 5.69. The van der Waals surface area contributed by atoms with Crippen LogP contribution in [0.1, 0.15) is 47.9 Å². The average molecular weight is 240 g/mol. The van der Waals surface area contributed by atoms with Crippen LogP contribution in [0, 0.1) is 0 Å². The Balaban J connectivity index is 2.15. The third-order valence-electron chi connectivity index (χ3n) is 2.82. The predicted molar refractivity (Wildman–Crippen MR) is 66.8 cm³/mol. The van der Waals surface area contributed by atoms with E-state index >= 15 is 0 Å². The van der Waals surface area contributed by atoms with Crippen molar-refractivity contribution in [2.75, 3.05) is 13.7 Å². The smallest absolute Gasteiger partial charge is 0.122 e. The molecule has 1 saturated heterocycles. The van der Waals surface area contributed by atoms with Crippen molar-refractivity contribution >= 4 is 11.3 Å². The SMILES string of the molecule is CCCc1nc(C2CCCO2)sc1CNC. The van der Waals surface area contributed by atoms with Crippen LogP contribution >= 0.6 is 11.3 Å². The molecule has 16 heavy (non-hydrogen) atoms. The van der Waals surface area contributed by atoms with Crippen molar-refractivity contribution in [3.8, 4) is 0 Å². The summed E-state index contributed by atoms with van der Waals surface area (Å²) in [6, 6.07) is 0. The summed E-state index contributed by atoms with van der Waals surface area (Å²) < 4.78 is 5.69. The number of nitrogens with one attached hydrogen (secondary N) is 1. The van der Waals surface area contributed by atoms with Gasteiger partial charge >= 0.3 is 0 Å². The molecule has 2 rings (SSSR count). The first-order valence-corrected chi connectivity index (χ1v) is 6.91. The lowest BCUT2D eigenvalue weighted by molar-refractivity contribution is 0.111. The monoisotopic (exact) mass is 240 g/mol. The zero-order valence-electron chi connectivity index (χ0n) is 10.1. The molecule has 1 fully saturated rings. The molecule has 0 aromatic carbocycles. The van der Waals surface area contributed by atoms with E-state index in [9.17, 15) is 0 Å². The number of aryl methyl sites for hydroxylation is 1. The Kier molecular flexibility index (Phi) is 4.32. The first-order valence-electron chi connectivity index (χ1n) is 6.09. The van der Waals surface area contributed by atoms with E-state index in [-0.39, 0.29) is 6.10 Å². The zero-order valence-corrected chi connectivity index (χ0v) is 10.9. The Morgan fingerprint density at radius 1 is 1.56 bits per heavy atom. The van der Waals surface area contributed by atoms with Crippen molar-refractivity contribution in [3.63, 3.8) is 0 Å². The minimum atomic E-state index is 0.270. The average Bonchev–Trinajstić information content (AvgIpc) is 2.89. The van der Waals surface area contributed by atoms with E-state index < -0.39 is 0 Å². The van der Waals surface area contributed by atoms with Gasteiger partial charge in [-0.1, -0.05) is 13.3 Å². The van der Waals surface area contributed by atoms with E-state index in [1.165, 1.54) is 22.0 Å². The van der Waals surface area contributed by atoms with Crippen LogP contribution in [0.4, 0.5) is 0 Å².